The highest BCUT2D eigenvalue weighted by atomic mass is 16.5. The summed E-state index contributed by atoms with van der Waals surface area (Å²) in [6.07, 6.45) is -1.05. The van der Waals surface area contributed by atoms with Gasteiger partial charge in [0, 0.05) is 7.05 Å². The van der Waals surface area contributed by atoms with E-state index >= 15 is 0 Å². The summed E-state index contributed by atoms with van der Waals surface area (Å²) >= 11 is 0. The summed E-state index contributed by atoms with van der Waals surface area (Å²) in [4.78, 5) is 34.1. The Morgan fingerprint density at radius 1 is 1.16 bits per heavy atom. The molecule has 1 aromatic rings. The molecule has 0 saturated carbocycles. The normalized spacial score (nSPS) is 11.3. The van der Waals surface area contributed by atoms with Crippen molar-refractivity contribution in [2.45, 2.75) is 20.0 Å². The van der Waals surface area contributed by atoms with E-state index in [4.69, 9.17) is 4.74 Å². The van der Waals surface area contributed by atoms with Gasteiger partial charge in [-0.2, -0.15) is 0 Å². The minimum Gasteiger partial charge on any atom is -0.449 e. The molecule has 0 unspecified atom stereocenters. The van der Waals surface area contributed by atoms with Gasteiger partial charge in [-0.1, -0.05) is 17.7 Å². The molecule has 0 spiro atoms. The summed E-state index contributed by atoms with van der Waals surface area (Å²) in [5, 5.41) is 4.26. The molecule has 19 heavy (non-hydrogen) atoms. The number of imide groups is 1. The average molecular weight is 264 g/mol. The zero-order chi connectivity index (χ0) is 14.4. The van der Waals surface area contributed by atoms with Crippen molar-refractivity contribution < 1.29 is 19.1 Å². The van der Waals surface area contributed by atoms with Crippen molar-refractivity contribution in [3.05, 3.63) is 35.4 Å². The fourth-order valence-corrected chi connectivity index (χ4v) is 1.25. The van der Waals surface area contributed by atoms with Crippen molar-refractivity contribution in [3.63, 3.8) is 0 Å². The quantitative estimate of drug-likeness (QED) is 0.797. The topological polar surface area (TPSA) is 84.5 Å². The molecule has 1 rings (SSSR count). The van der Waals surface area contributed by atoms with Crippen LogP contribution in [0.25, 0.3) is 0 Å². The van der Waals surface area contributed by atoms with Gasteiger partial charge in [-0.25, -0.2) is 9.59 Å². The van der Waals surface area contributed by atoms with Gasteiger partial charge in [0.2, 0.25) is 0 Å². The smallest absolute Gasteiger partial charge is 0.338 e. The van der Waals surface area contributed by atoms with Crippen molar-refractivity contribution in [1.82, 2.24) is 10.6 Å². The van der Waals surface area contributed by atoms with Gasteiger partial charge in [-0.3, -0.25) is 10.1 Å². The van der Waals surface area contributed by atoms with E-state index in [0.29, 0.717) is 5.56 Å². The fraction of sp³-hybridized carbons (Fsp3) is 0.308. The number of carbonyl (C=O) groups excluding carboxylic acids is 3. The van der Waals surface area contributed by atoms with E-state index in [-0.39, 0.29) is 0 Å². The van der Waals surface area contributed by atoms with Gasteiger partial charge in [-0.05, 0) is 26.0 Å². The molecule has 1 aromatic carbocycles. The Hall–Kier alpha value is -2.37. The molecule has 6 heteroatoms. The molecule has 3 amide bonds. The second kappa shape index (κ2) is 6.53. The molecule has 0 aliphatic rings. The van der Waals surface area contributed by atoms with Crippen LogP contribution in [-0.4, -0.2) is 31.1 Å². The van der Waals surface area contributed by atoms with Crippen LogP contribution in [0.1, 0.15) is 22.8 Å². The van der Waals surface area contributed by atoms with Gasteiger partial charge in [0.05, 0.1) is 5.56 Å². The van der Waals surface area contributed by atoms with E-state index in [0.717, 1.165) is 5.56 Å². The maximum Gasteiger partial charge on any atom is 0.338 e. The molecular weight excluding hydrogens is 248 g/mol. The Morgan fingerprint density at radius 2 is 1.74 bits per heavy atom. The molecule has 0 saturated heterocycles. The molecule has 102 valence electrons. The number of ether oxygens (including phenoxy) is 1. The Morgan fingerprint density at radius 3 is 2.26 bits per heavy atom. The summed E-state index contributed by atoms with van der Waals surface area (Å²) < 4.78 is 4.95. The maximum atomic E-state index is 11.7. The van der Waals surface area contributed by atoms with Gasteiger partial charge in [0.1, 0.15) is 0 Å². The van der Waals surface area contributed by atoms with Crippen molar-refractivity contribution in [2.24, 2.45) is 0 Å². The molecule has 0 aliphatic carbocycles. The van der Waals surface area contributed by atoms with Crippen molar-refractivity contribution in [3.8, 4) is 0 Å². The monoisotopic (exact) mass is 264 g/mol. The lowest BCUT2D eigenvalue weighted by atomic mass is 10.1. The maximum absolute atomic E-state index is 11.7. The van der Waals surface area contributed by atoms with Crippen LogP contribution in [0.4, 0.5) is 4.79 Å². The molecule has 0 heterocycles. The first-order valence-electron chi connectivity index (χ1n) is 5.74. The fourth-order valence-electron chi connectivity index (χ4n) is 1.25. The van der Waals surface area contributed by atoms with E-state index in [1.807, 2.05) is 12.2 Å². The van der Waals surface area contributed by atoms with Crippen LogP contribution >= 0.6 is 0 Å². The highest BCUT2D eigenvalue weighted by Crippen LogP contribution is 2.06. The third-order valence-corrected chi connectivity index (χ3v) is 2.40. The second-order valence-electron chi connectivity index (χ2n) is 3.98. The molecule has 0 fully saturated rings. The molecule has 0 aromatic heterocycles. The van der Waals surface area contributed by atoms with E-state index in [9.17, 15) is 14.4 Å². The minimum absolute atomic E-state index is 0.352. The van der Waals surface area contributed by atoms with E-state index in [1.54, 1.807) is 24.3 Å². The van der Waals surface area contributed by atoms with Crippen LogP contribution < -0.4 is 10.6 Å². The number of hydrogen-bond acceptors (Lipinski definition) is 4. The number of aryl methyl sites for hydroxylation is 1. The van der Waals surface area contributed by atoms with Crippen LogP contribution in [-0.2, 0) is 9.53 Å². The number of carbonyl (C=O) groups is 3. The Bertz CT molecular complexity index is 482. The first-order valence-corrected chi connectivity index (χ1v) is 5.74. The van der Waals surface area contributed by atoms with Crippen LogP contribution in [0, 0.1) is 6.92 Å². The van der Waals surface area contributed by atoms with Gasteiger partial charge < -0.3 is 10.1 Å². The Labute approximate surface area is 111 Å². The first kappa shape index (κ1) is 14.7. The predicted octanol–water partition coefficient (Wildman–Crippen LogP) is 0.996. The van der Waals surface area contributed by atoms with Crippen molar-refractivity contribution in [2.75, 3.05) is 7.05 Å². The third kappa shape index (κ3) is 4.42. The molecule has 1 atom stereocenters. The summed E-state index contributed by atoms with van der Waals surface area (Å²) in [5.74, 6) is -1.29. The molecule has 0 aliphatic heterocycles. The van der Waals surface area contributed by atoms with E-state index in [1.165, 1.54) is 14.0 Å². The Balaban J connectivity index is 2.59. The highest BCUT2D eigenvalue weighted by molar-refractivity contribution is 5.98. The summed E-state index contributed by atoms with van der Waals surface area (Å²) in [6.45, 7) is 3.29. The largest absolute Gasteiger partial charge is 0.449 e. The molecule has 0 bridgehead atoms. The van der Waals surface area contributed by atoms with Crippen LogP contribution in [0.5, 0.6) is 0 Å². The van der Waals surface area contributed by atoms with Crippen LogP contribution in [0.3, 0.4) is 0 Å². The number of esters is 1. The molecule has 2 N–H and O–H groups in total. The van der Waals surface area contributed by atoms with Crippen molar-refractivity contribution >= 4 is 17.9 Å². The summed E-state index contributed by atoms with van der Waals surface area (Å²) in [7, 11) is 1.38. The minimum atomic E-state index is -1.05. The van der Waals surface area contributed by atoms with E-state index in [2.05, 4.69) is 5.32 Å². The lowest BCUT2D eigenvalue weighted by molar-refractivity contribution is -0.127. The standard InChI is InChI=1S/C13H16N2O4/c1-8-4-6-10(7-5-8)12(17)19-9(2)11(16)15-13(18)14-3/h4-7,9H,1-3H3,(H2,14,15,16,18)/t9-/m0/s1. The highest BCUT2D eigenvalue weighted by Gasteiger charge is 2.20. The number of urea groups is 1. The number of hydrogen-bond donors (Lipinski definition) is 2. The summed E-state index contributed by atoms with van der Waals surface area (Å²) in [6, 6.07) is 6.11. The van der Waals surface area contributed by atoms with Crippen molar-refractivity contribution in [1.29, 1.82) is 0 Å². The first-order chi connectivity index (χ1) is 8.93. The molecule has 6 nitrogen and oxygen atoms in total. The third-order valence-electron chi connectivity index (χ3n) is 2.40. The number of nitrogens with one attached hydrogen (secondary N) is 2. The molecular formula is C13H16N2O4. The zero-order valence-electron chi connectivity index (χ0n) is 11.0. The number of amides is 3. The SMILES string of the molecule is CNC(=O)NC(=O)[C@H](C)OC(=O)c1ccc(C)cc1. The zero-order valence-corrected chi connectivity index (χ0v) is 11.0. The van der Waals surface area contributed by atoms with E-state index < -0.39 is 24.0 Å². The van der Waals surface area contributed by atoms with Crippen LogP contribution in [0.15, 0.2) is 24.3 Å². The van der Waals surface area contributed by atoms with Gasteiger partial charge in [-0.15, -0.1) is 0 Å². The lowest BCUT2D eigenvalue weighted by Crippen LogP contribution is -2.43. The Kier molecular flexibility index (Phi) is 5.05. The number of rotatable bonds is 3. The van der Waals surface area contributed by atoms with Gasteiger partial charge in [0.25, 0.3) is 5.91 Å². The van der Waals surface area contributed by atoms with Crippen LogP contribution in [0.2, 0.25) is 0 Å². The average Bonchev–Trinajstić information content (AvgIpc) is 2.38. The predicted molar refractivity (Wildman–Crippen MR) is 68.7 cm³/mol. The van der Waals surface area contributed by atoms with Gasteiger partial charge >= 0.3 is 12.0 Å². The lowest BCUT2D eigenvalue weighted by Gasteiger charge is -2.12. The van der Waals surface area contributed by atoms with Gasteiger partial charge in [0.15, 0.2) is 6.10 Å². The number of benzene rings is 1. The second-order valence-corrected chi connectivity index (χ2v) is 3.98. The summed E-state index contributed by atoms with van der Waals surface area (Å²) in [5.41, 5.74) is 1.37. The molecule has 0 radical (unpaired) electrons.